The third-order valence-corrected chi connectivity index (χ3v) is 6.11. The summed E-state index contributed by atoms with van der Waals surface area (Å²) in [5, 5.41) is 2.98. The summed E-state index contributed by atoms with van der Waals surface area (Å²) in [5.41, 5.74) is 0.438. The van der Waals surface area contributed by atoms with Crippen LogP contribution in [0.4, 0.5) is 5.69 Å². The van der Waals surface area contributed by atoms with E-state index in [-0.39, 0.29) is 23.9 Å². The first kappa shape index (κ1) is 16.8. The molecule has 1 aliphatic heterocycles. The van der Waals surface area contributed by atoms with Crippen LogP contribution in [-0.2, 0) is 23.9 Å². The number of esters is 2. The van der Waals surface area contributed by atoms with E-state index in [1.807, 2.05) is 0 Å². The molecule has 1 saturated heterocycles. The van der Waals surface area contributed by atoms with E-state index in [1.54, 1.807) is 18.2 Å². The number of nitrogens with one attached hydrogen (secondary N) is 1. The molecular weight excluding hydrogens is 414 g/mol. The summed E-state index contributed by atoms with van der Waals surface area (Å²) < 4.78 is 11.3. The van der Waals surface area contributed by atoms with Gasteiger partial charge in [0.2, 0.25) is 0 Å². The Morgan fingerprint density at radius 1 is 1.36 bits per heavy atom. The van der Waals surface area contributed by atoms with Gasteiger partial charge in [-0.1, -0.05) is 27.5 Å². The molecule has 1 heterocycles. The van der Waals surface area contributed by atoms with Gasteiger partial charge in [0.15, 0.2) is 6.61 Å². The van der Waals surface area contributed by atoms with E-state index in [2.05, 4.69) is 21.2 Å². The van der Waals surface area contributed by atoms with Gasteiger partial charge in [0.05, 0.1) is 22.5 Å². The summed E-state index contributed by atoms with van der Waals surface area (Å²) in [6, 6.07) is 5.04. The van der Waals surface area contributed by atoms with Gasteiger partial charge in [0.1, 0.15) is 6.10 Å². The van der Waals surface area contributed by atoms with Gasteiger partial charge in [0, 0.05) is 10.4 Å². The zero-order chi connectivity index (χ0) is 17.7. The lowest BCUT2D eigenvalue weighted by Gasteiger charge is -2.22. The molecule has 0 unspecified atom stereocenters. The van der Waals surface area contributed by atoms with Crippen molar-refractivity contribution in [2.75, 3.05) is 11.9 Å². The first-order chi connectivity index (χ1) is 11.9. The quantitative estimate of drug-likeness (QED) is 0.746. The first-order valence-electron chi connectivity index (χ1n) is 8.06. The maximum Gasteiger partial charge on any atom is 0.310 e. The zero-order valence-corrected chi connectivity index (χ0v) is 15.4. The lowest BCUT2D eigenvalue weighted by molar-refractivity contribution is -0.157. The number of halogens is 2. The van der Waals surface area contributed by atoms with Gasteiger partial charge in [-0.05, 0) is 37.0 Å². The molecule has 3 fully saturated rings. The van der Waals surface area contributed by atoms with Gasteiger partial charge in [-0.25, -0.2) is 0 Å². The topological polar surface area (TPSA) is 81.7 Å². The van der Waals surface area contributed by atoms with Gasteiger partial charge in [-0.2, -0.15) is 0 Å². The fraction of sp³-hybridized carbons (Fsp3) is 0.471. The molecule has 6 nitrogen and oxygen atoms in total. The van der Waals surface area contributed by atoms with E-state index < -0.39 is 30.3 Å². The molecule has 1 amide bonds. The van der Waals surface area contributed by atoms with Crippen LogP contribution in [0.2, 0.25) is 5.02 Å². The van der Waals surface area contributed by atoms with Crippen molar-refractivity contribution in [3.63, 3.8) is 0 Å². The van der Waals surface area contributed by atoms with E-state index in [0.29, 0.717) is 17.1 Å². The van der Waals surface area contributed by atoms with Gasteiger partial charge >= 0.3 is 11.9 Å². The maximum atomic E-state index is 12.4. The highest BCUT2D eigenvalue weighted by atomic mass is 79.9. The Morgan fingerprint density at radius 3 is 2.92 bits per heavy atom. The molecule has 1 aromatic rings. The first-order valence-corrected chi connectivity index (χ1v) is 9.23. The number of hydrogen-bond acceptors (Lipinski definition) is 5. The van der Waals surface area contributed by atoms with Crippen LogP contribution in [0.25, 0.3) is 0 Å². The Balaban J connectivity index is 1.34. The number of rotatable bonds is 4. The number of carbonyl (C=O) groups excluding carboxylic acids is 3. The molecule has 2 bridgehead atoms. The number of anilines is 1. The van der Waals surface area contributed by atoms with Crippen LogP contribution in [0, 0.1) is 23.7 Å². The highest BCUT2D eigenvalue weighted by Gasteiger charge is 2.64. The SMILES string of the molecule is O=C(COC(=O)[C@@H]1[C@@H]2C[C@@H]3[C@H]1C(=O)O[C@@H]3C2)Nc1ccc(Br)cc1Cl. The van der Waals surface area contributed by atoms with Crippen molar-refractivity contribution in [2.45, 2.75) is 18.9 Å². The van der Waals surface area contributed by atoms with Crippen LogP contribution in [0.5, 0.6) is 0 Å². The van der Waals surface area contributed by atoms with E-state index >= 15 is 0 Å². The van der Waals surface area contributed by atoms with Gasteiger partial charge < -0.3 is 14.8 Å². The summed E-state index contributed by atoms with van der Waals surface area (Å²) in [5.74, 6) is -1.92. The minimum Gasteiger partial charge on any atom is -0.462 e. The second kappa shape index (κ2) is 6.29. The minimum absolute atomic E-state index is 0.0330. The fourth-order valence-corrected chi connectivity index (χ4v) is 5.06. The Hall–Kier alpha value is -1.60. The Bertz CT molecular complexity index is 767. The third-order valence-electron chi connectivity index (χ3n) is 5.31. The van der Waals surface area contributed by atoms with Crippen LogP contribution >= 0.6 is 27.5 Å². The van der Waals surface area contributed by atoms with E-state index in [4.69, 9.17) is 21.1 Å². The van der Waals surface area contributed by atoms with Crippen molar-refractivity contribution in [3.05, 3.63) is 27.7 Å². The van der Waals surface area contributed by atoms with Crippen LogP contribution in [0.1, 0.15) is 12.8 Å². The molecule has 4 rings (SSSR count). The predicted octanol–water partition coefficient (Wildman–Crippen LogP) is 2.78. The predicted molar refractivity (Wildman–Crippen MR) is 91.8 cm³/mol. The zero-order valence-electron chi connectivity index (χ0n) is 13.0. The maximum absolute atomic E-state index is 12.4. The number of carbonyl (C=O) groups is 3. The molecule has 132 valence electrons. The average Bonchev–Trinajstić information content (AvgIpc) is 3.17. The normalized spacial score (nSPS) is 31.8. The van der Waals surface area contributed by atoms with E-state index in [9.17, 15) is 14.4 Å². The number of fused-ring (bicyclic) bond motifs is 1. The second-order valence-electron chi connectivity index (χ2n) is 6.70. The fourth-order valence-electron chi connectivity index (χ4n) is 4.34. The average molecular weight is 429 g/mol. The highest BCUT2D eigenvalue weighted by molar-refractivity contribution is 9.10. The Morgan fingerprint density at radius 2 is 2.16 bits per heavy atom. The summed E-state index contributed by atoms with van der Waals surface area (Å²) in [6.07, 6.45) is 1.50. The molecule has 2 aliphatic carbocycles. The Kier molecular flexibility index (Phi) is 4.24. The van der Waals surface area contributed by atoms with Gasteiger partial charge in [-0.3, -0.25) is 14.4 Å². The largest absolute Gasteiger partial charge is 0.462 e. The Labute approximate surface area is 157 Å². The summed E-state index contributed by atoms with van der Waals surface area (Å²) in [4.78, 5) is 36.3. The van der Waals surface area contributed by atoms with Gasteiger partial charge in [0.25, 0.3) is 5.91 Å². The van der Waals surface area contributed by atoms with Gasteiger partial charge in [-0.15, -0.1) is 0 Å². The lowest BCUT2D eigenvalue weighted by Crippen LogP contribution is -2.34. The van der Waals surface area contributed by atoms with Crippen molar-refractivity contribution >= 4 is 51.1 Å². The number of amides is 1. The smallest absolute Gasteiger partial charge is 0.310 e. The van der Waals surface area contributed by atoms with E-state index in [0.717, 1.165) is 10.9 Å². The number of ether oxygens (including phenoxy) is 2. The standard InChI is InChI=1S/C17H15BrClNO5/c18-8-1-2-11(10(19)5-8)20-13(21)6-24-16(22)14-7-3-9-12(4-7)25-17(23)15(9)14/h1-2,5,7,9,12,14-15H,3-4,6H2,(H,20,21)/t7-,9+,12-,14-,15-/m1/s1. The summed E-state index contributed by atoms with van der Waals surface area (Å²) >= 11 is 9.32. The van der Waals surface area contributed by atoms with Crippen molar-refractivity contribution < 1.29 is 23.9 Å². The minimum atomic E-state index is -0.494. The van der Waals surface area contributed by atoms with Crippen LogP contribution in [0.3, 0.4) is 0 Å². The number of benzene rings is 1. The molecule has 3 aliphatic rings. The van der Waals surface area contributed by atoms with Crippen molar-refractivity contribution in [2.24, 2.45) is 23.7 Å². The molecule has 8 heteroatoms. The van der Waals surface area contributed by atoms with Crippen molar-refractivity contribution in [3.8, 4) is 0 Å². The molecule has 1 N–H and O–H groups in total. The molecule has 1 aromatic carbocycles. The third kappa shape index (κ3) is 2.93. The molecule has 0 radical (unpaired) electrons. The van der Waals surface area contributed by atoms with Crippen LogP contribution < -0.4 is 5.32 Å². The molecule has 0 spiro atoms. The molecule has 0 aromatic heterocycles. The van der Waals surface area contributed by atoms with Crippen molar-refractivity contribution in [1.29, 1.82) is 0 Å². The summed E-state index contributed by atoms with van der Waals surface area (Å²) in [6.45, 7) is -0.412. The molecular formula is C17H15BrClNO5. The highest BCUT2D eigenvalue weighted by Crippen LogP contribution is 2.57. The van der Waals surface area contributed by atoms with E-state index in [1.165, 1.54) is 0 Å². The molecule has 5 atom stereocenters. The van der Waals surface area contributed by atoms with Crippen LogP contribution in [-0.4, -0.2) is 30.6 Å². The van der Waals surface area contributed by atoms with Crippen molar-refractivity contribution in [1.82, 2.24) is 0 Å². The second-order valence-corrected chi connectivity index (χ2v) is 8.03. The molecule has 25 heavy (non-hydrogen) atoms. The summed E-state index contributed by atoms with van der Waals surface area (Å²) in [7, 11) is 0. The number of hydrogen-bond donors (Lipinski definition) is 1. The monoisotopic (exact) mass is 427 g/mol. The van der Waals surface area contributed by atoms with Crippen LogP contribution in [0.15, 0.2) is 22.7 Å². The lowest BCUT2D eigenvalue weighted by atomic mass is 9.80. The molecule has 2 saturated carbocycles.